The minimum Gasteiger partial charge on any atom is -0.333 e. The molecule has 1 atom stereocenters. The maximum Gasteiger partial charge on any atom is 0.224 e. The molecule has 1 unspecified atom stereocenters. The number of hydrogen-bond acceptors (Lipinski definition) is 4. The van der Waals surface area contributed by atoms with Crippen LogP contribution in [0.15, 0.2) is 54.6 Å². The van der Waals surface area contributed by atoms with Crippen LogP contribution in [0.2, 0.25) is 0 Å². The van der Waals surface area contributed by atoms with E-state index in [1.807, 2.05) is 53.4 Å². The molecule has 2 heterocycles. The Morgan fingerprint density at radius 3 is 2.67 bits per heavy atom. The summed E-state index contributed by atoms with van der Waals surface area (Å²) < 4.78 is 1.15. The Morgan fingerprint density at radius 2 is 1.85 bits per heavy atom. The zero-order valence-corrected chi connectivity index (χ0v) is 15.7. The minimum absolute atomic E-state index is 0.0277. The van der Waals surface area contributed by atoms with Gasteiger partial charge >= 0.3 is 0 Å². The number of rotatable bonds is 5. The summed E-state index contributed by atoms with van der Waals surface area (Å²) in [7, 11) is 0. The first-order chi connectivity index (χ1) is 13.2. The SMILES string of the molecule is O=C(CCC(=O)N1CCCC1c1nc2ccccc2s1)Nc1ccccc1. The molecule has 1 aliphatic rings. The Hall–Kier alpha value is -2.73. The molecule has 0 spiro atoms. The lowest BCUT2D eigenvalue weighted by atomic mass is 10.2. The fourth-order valence-electron chi connectivity index (χ4n) is 3.46. The van der Waals surface area contributed by atoms with E-state index >= 15 is 0 Å². The minimum atomic E-state index is -0.134. The van der Waals surface area contributed by atoms with Gasteiger partial charge in [0.2, 0.25) is 11.8 Å². The van der Waals surface area contributed by atoms with E-state index in [9.17, 15) is 9.59 Å². The molecule has 1 aromatic heterocycles. The number of nitrogens with zero attached hydrogens (tertiary/aromatic N) is 2. The average molecular weight is 379 g/mol. The highest BCUT2D eigenvalue weighted by Gasteiger charge is 2.32. The second-order valence-corrected chi connectivity index (χ2v) is 7.74. The van der Waals surface area contributed by atoms with E-state index in [1.54, 1.807) is 11.3 Å². The number of thiazole rings is 1. The number of para-hydroxylation sites is 2. The number of hydrogen-bond donors (Lipinski definition) is 1. The van der Waals surface area contributed by atoms with E-state index in [0.29, 0.717) is 0 Å². The lowest BCUT2D eigenvalue weighted by Gasteiger charge is -2.23. The van der Waals surface area contributed by atoms with Crippen molar-refractivity contribution in [2.24, 2.45) is 0 Å². The molecule has 27 heavy (non-hydrogen) atoms. The molecule has 0 bridgehead atoms. The molecule has 0 aliphatic carbocycles. The molecule has 2 amide bonds. The number of anilines is 1. The van der Waals surface area contributed by atoms with Crippen molar-refractivity contribution in [2.75, 3.05) is 11.9 Å². The van der Waals surface area contributed by atoms with Crippen LogP contribution in [0.4, 0.5) is 5.69 Å². The highest BCUT2D eigenvalue weighted by atomic mass is 32.1. The Bertz CT molecular complexity index is 921. The van der Waals surface area contributed by atoms with Gasteiger partial charge in [-0.15, -0.1) is 11.3 Å². The molecule has 1 fully saturated rings. The van der Waals surface area contributed by atoms with Gasteiger partial charge in [0.25, 0.3) is 0 Å². The van der Waals surface area contributed by atoms with Crippen LogP contribution < -0.4 is 5.32 Å². The van der Waals surface area contributed by atoms with E-state index < -0.39 is 0 Å². The predicted molar refractivity (Wildman–Crippen MR) is 108 cm³/mol. The highest BCUT2D eigenvalue weighted by molar-refractivity contribution is 7.18. The Kier molecular flexibility index (Phi) is 5.16. The molecular weight excluding hydrogens is 358 g/mol. The van der Waals surface area contributed by atoms with Gasteiger partial charge in [-0.3, -0.25) is 9.59 Å². The van der Waals surface area contributed by atoms with Crippen LogP contribution in [-0.4, -0.2) is 28.2 Å². The van der Waals surface area contributed by atoms with E-state index in [0.717, 1.165) is 40.3 Å². The molecule has 0 radical (unpaired) electrons. The molecule has 2 aromatic carbocycles. The maximum absolute atomic E-state index is 12.7. The van der Waals surface area contributed by atoms with Crippen molar-refractivity contribution in [3.8, 4) is 0 Å². The molecule has 1 saturated heterocycles. The summed E-state index contributed by atoms with van der Waals surface area (Å²) in [6, 6.07) is 17.4. The van der Waals surface area contributed by atoms with Crippen LogP contribution >= 0.6 is 11.3 Å². The van der Waals surface area contributed by atoms with Gasteiger partial charge in [0.05, 0.1) is 16.3 Å². The molecule has 5 nitrogen and oxygen atoms in total. The molecular formula is C21H21N3O2S. The fourth-order valence-corrected chi connectivity index (χ4v) is 4.58. The van der Waals surface area contributed by atoms with Gasteiger partial charge in [-0.2, -0.15) is 0 Å². The highest BCUT2D eigenvalue weighted by Crippen LogP contribution is 2.36. The zero-order chi connectivity index (χ0) is 18.6. The summed E-state index contributed by atoms with van der Waals surface area (Å²) in [6.45, 7) is 0.736. The predicted octanol–water partition coefficient (Wildman–Crippen LogP) is 4.38. The Balaban J connectivity index is 1.38. The van der Waals surface area contributed by atoms with Gasteiger partial charge < -0.3 is 10.2 Å². The molecule has 6 heteroatoms. The monoisotopic (exact) mass is 379 g/mol. The number of amides is 2. The van der Waals surface area contributed by atoms with Crippen LogP contribution in [0.25, 0.3) is 10.2 Å². The lowest BCUT2D eigenvalue weighted by molar-refractivity contribution is -0.133. The van der Waals surface area contributed by atoms with Crippen molar-refractivity contribution in [1.29, 1.82) is 0 Å². The number of aromatic nitrogens is 1. The summed E-state index contributed by atoms with van der Waals surface area (Å²) in [4.78, 5) is 31.5. The number of nitrogens with one attached hydrogen (secondary N) is 1. The van der Waals surface area contributed by atoms with Gasteiger partial charge in [-0.05, 0) is 37.1 Å². The third-order valence-corrected chi connectivity index (χ3v) is 5.93. The van der Waals surface area contributed by atoms with E-state index in [4.69, 9.17) is 4.98 Å². The van der Waals surface area contributed by atoms with Crippen LogP contribution in [0.5, 0.6) is 0 Å². The number of likely N-dealkylation sites (tertiary alicyclic amines) is 1. The van der Waals surface area contributed by atoms with Gasteiger partial charge in [-0.1, -0.05) is 30.3 Å². The summed E-state index contributed by atoms with van der Waals surface area (Å²) >= 11 is 1.66. The molecule has 3 aromatic rings. The first kappa shape index (κ1) is 17.7. The van der Waals surface area contributed by atoms with Crippen molar-refractivity contribution in [2.45, 2.75) is 31.7 Å². The largest absolute Gasteiger partial charge is 0.333 e. The summed E-state index contributed by atoms with van der Waals surface area (Å²) in [6.07, 6.45) is 2.32. The van der Waals surface area contributed by atoms with Crippen molar-refractivity contribution < 1.29 is 9.59 Å². The molecule has 1 aliphatic heterocycles. The smallest absolute Gasteiger partial charge is 0.224 e. The topological polar surface area (TPSA) is 62.3 Å². The van der Waals surface area contributed by atoms with Crippen molar-refractivity contribution in [3.05, 3.63) is 59.6 Å². The van der Waals surface area contributed by atoms with Crippen molar-refractivity contribution in [1.82, 2.24) is 9.88 Å². The lowest BCUT2D eigenvalue weighted by Crippen LogP contribution is -2.31. The average Bonchev–Trinajstić information content (AvgIpc) is 3.33. The third kappa shape index (κ3) is 4.01. The van der Waals surface area contributed by atoms with E-state index in [-0.39, 0.29) is 30.7 Å². The molecule has 0 saturated carbocycles. The van der Waals surface area contributed by atoms with Crippen molar-refractivity contribution >= 4 is 39.1 Å². The summed E-state index contributed by atoms with van der Waals surface area (Å²) in [5.41, 5.74) is 1.74. The number of fused-ring (bicyclic) bond motifs is 1. The zero-order valence-electron chi connectivity index (χ0n) is 14.9. The standard InChI is InChI=1S/C21H21N3O2S/c25-19(22-15-7-2-1-3-8-15)12-13-20(26)24-14-6-10-17(24)21-23-16-9-4-5-11-18(16)27-21/h1-5,7-9,11,17H,6,10,12-14H2,(H,22,25). The summed E-state index contributed by atoms with van der Waals surface area (Å²) in [5.74, 6) is -0.106. The first-order valence-electron chi connectivity index (χ1n) is 9.20. The quantitative estimate of drug-likeness (QED) is 0.716. The van der Waals surface area contributed by atoms with E-state index in [1.165, 1.54) is 0 Å². The fraction of sp³-hybridized carbons (Fsp3) is 0.286. The normalized spacial score (nSPS) is 16.6. The number of benzene rings is 2. The second kappa shape index (κ2) is 7.88. The van der Waals surface area contributed by atoms with Gasteiger partial charge in [0, 0.05) is 25.1 Å². The second-order valence-electron chi connectivity index (χ2n) is 6.68. The van der Waals surface area contributed by atoms with Crippen molar-refractivity contribution in [3.63, 3.8) is 0 Å². The van der Waals surface area contributed by atoms with Crippen LogP contribution in [0.1, 0.15) is 36.7 Å². The Morgan fingerprint density at radius 1 is 1.07 bits per heavy atom. The van der Waals surface area contributed by atoms with E-state index in [2.05, 4.69) is 11.4 Å². The van der Waals surface area contributed by atoms with Crippen LogP contribution in [-0.2, 0) is 9.59 Å². The number of carbonyl (C=O) groups excluding carboxylic acids is 2. The third-order valence-electron chi connectivity index (χ3n) is 4.79. The molecule has 1 N–H and O–H groups in total. The van der Waals surface area contributed by atoms with Crippen LogP contribution in [0, 0.1) is 0 Å². The summed E-state index contributed by atoms with van der Waals surface area (Å²) in [5, 5.41) is 3.82. The van der Waals surface area contributed by atoms with Gasteiger partial charge in [0.1, 0.15) is 5.01 Å². The van der Waals surface area contributed by atoms with Crippen LogP contribution in [0.3, 0.4) is 0 Å². The molecule has 138 valence electrons. The van der Waals surface area contributed by atoms with Gasteiger partial charge in [-0.25, -0.2) is 4.98 Å². The maximum atomic E-state index is 12.7. The van der Waals surface area contributed by atoms with Gasteiger partial charge in [0.15, 0.2) is 0 Å². The number of carbonyl (C=O) groups is 2. The first-order valence-corrected chi connectivity index (χ1v) is 10.0. The Labute approximate surface area is 162 Å². The molecule has 4 rings (SSSR count).